The summed E-state index contributed by atoms with van der Waals surface area (Å²) < 4.78 is 0. The van der Waals surface area contributed by atoms with Crippen molar-refractivity contribution in [2.45, 2.75) is 26.3 Å². The van der Waals surface area contributed by atoms with Crippen molar-refractivity contribution in [2.24, 2.45) is 0 Å². The molecule has 2 N–H and O–H groups in total. The number of carbonyl (C=O) groups excluding carboxylic acids is 2. The number of anilines is 1. The lowest BCUT2D eigenvalue weighted by Crippen LogP contribution is -2.58. The summed E-state index contributed by atoms with van der Waals surface area (Å²) in [5, 5.41) is 11.2. The molecule has 2 heterocycles. The van der Waals surface area contributed by atoms with Crippen LogP contribution in [0.15, 0.2) is 12.3 Å². The molecule has 1 unspecified atom stereocenters. The summed E-state index contributed by atoms with van der Waals surface area (Å²) in [6.45, 7) is 3.58. The van der Waals surface area contributed by atoms with Crippen molar-refractivity contribution in [2.75, 3.05) is 11.4 Å². The lowest BCUT2D eigenvalue weighted by atomic mass is 10.1. The van der Waals surface area contributed by atoms with Crippen LogP contribution in [0.4, 0.5) is 5.82 Å². The van der Waals surface area contributed by atoms with E-state index < -0.39 is 12.0 Å². The van der Waals surface area contributed by atoms with Crippen LogP contribution >= 0.6 is 0 Å². The molecule has 1 fully saturated rings. The highest BCUT2D eigenvalue weighted by atomic mass is 16.4. The summed E-state index contributed by atoms with van der Waals surface area (Å²) in [5.74, 6) is -1.34. The van der Waals surface area contributed by atoms with Gasteiger partial charge in [0, 0.05) is 6.20 Å². The largest absolute Gasteiger partial charge is 0.478 e. The maximum absolute atomic E-state index is 11.8. The molecule has 0 aliphatic carbocycles. The molecule has 0 aromatic carbocycles. The summed E-state index contributed by atoms with van der Waals surface area (Å²) in [4.78, 5) is 39.9. The molecule has 1 saturated heterocycles. The first kappa shape index (κ1) is 14.0. The molecule has 0 radical (unpaired) electrons. The van der Waals surface area contributed by atoms with E-state index in [4.69, 9.17) is 5.11 Å². The maximum Gasteiger partial charge on any atom is 0.337 e. The molecule has 1 aromatic heterocycles. The number of pyridine rings is 1. The minimum atomic E-state index is -1.06. The maximum atomic E-state index is 11.8. The standard InChI is InChI=1S/C13H15N3O4/c1-3-9-12(18)15-10(17)6-16(9)11-7(2)4-8(5-14-11)13(19)20/h4-5,9H,3,6H2,1-2H3,(H,19,20)(H,15,17,18). The minimum Gasteiger partial charge on any atom is -0.478 e. The predicted molar refractivity (Wildman–Crippen MR) is 70.5 cm³/mol. The molecule has 106 valence electrons. The van der Waals surface area contributed by atoms with Gasteiger partial charge in [-0.3, -0.25) is 14.9 Å². The van der Waals surface area contributed by atoms with E-state index in [1.807, 2.05) is 6.92 Å². The second-order valence-corrected chi connectivity index (χ2v) is 4.63. The molecular formula is C13H15N3O4. The monoisotopic (exact) mass is 277 g/mol. The van der Waals surface area contributed by atoms with Gasteiger partial charge < -0.3 is 10.0 Å². The molecule has 1 aromatic rings. The fraction of sp³-hybridized carbons (Fsp3) is 0.385. The van der Waals surface area contributed by atoms with Crippen LogP contribution in [0.2, 0.25) is 0 Å². The van der Waals surface area contributed by atoms with Crippen LogP contribution in [-0.2, 0) is 9.59 Å². The Morgan fingerprint density at radius 3 is 2.80 bits per heavy atom. The number of nitrogens with one attached hydrogen (secondary N) is 1. The van der Waals surface area contributed by atoms with E-state index in [1.54, 1.807) is 11.8 Å². The first-order chi connectivity index (χ1) is 9.43. The Bertz CT molecular complexity index is 585. The van der Waals surface area contributed by atoms with E-state index >= 15 is 0 Å². The van der Waals surface area contributed by atoms with Crippen LogP contribution in [0.1, 0.15) is 29.3 Å². The van der Waals surface area contributed by atoms with Gasteiger partial charge in [-0.1, -0.05) is 6.92 Å². The van der Waals surface area contributed by atoms with Gasteiger partial charge in [0.1, 0.15) is 11.9 Å². The Kier molecular flexibility index (Phi) is 3.69. The van der Waals surface area contributed by atoms with Crippen molar-refractivity contribution >= 4 is 23.6 Å². The lowest BCUT2D eigenvalue weighted by molar-refractivity contribution is -0.132. The van der Waals surface area contributed by atoms with Crippen LogP contribution in [0, 0.1) is 6.92 Å². The molecule has 20 heavy (non-hydrogen) atoms. The molecular weight excluding hydrogens is 262 g/mol. The Labute approximate surface area is 115 Å². The molecule has 0 bridgehead atoms. The average molecular weight is 277 g/mol. The third-order valence-corrected chi connectivity index (χ3v) is 3.21. The van der Waals surface area contributed by atoms with E-state index in [0.29, 0.717) is 17.8 Å². The number of carboxylic acids is 1. The first-order valence-corrected chi connectivity index (χ1v) is 6.24. The highest BCUT2D eigenvalue weighted by Gasteiger charge is 2.33. The lowest BCUT2D eigenvalue weighted by Gasteiger charge is -2.35. The van der Waals surface area contributed by atoms with Gasteiger partial charge in [-0.05, 0) is 25.0 Å². The Balaban J connectivity index is 2.40. The summed E-state index contributed by atoms with van der Waals surface area (Å²) in [5.41, 5.74) is 0.693. The van der Waals surface area contributed by atoms with Crippen LogP contribution in [-0.4, -0.2) is 40.5 Å². The van der Waals surface area contributed by atoms with Gasteiger partial charge >= 0.3 is 5.97 Å². The number of piperazine rings is 1. The Hall–Kier alpha value is -2.44. The quantitative estimate of drug-likeness (QED) is 0.772. The molecule has 2 amide bonds. The highest BCUT2D eigenvalue weighted by molar-refractivity contribution is 6.04. The van der Waals surface area contributed by atoms with E-state index in [0.717, 1.165) is 0 Å². The Morgan fingerprint density at radius 1 is 1.55 bits per heavy atom. The zero-order chi connectivity index (χ0) is 14.9. The molecule has 7 heteroatoms. The van der Waals surface area contributed by atoms with Crippen molar-refractivity contribution in [3.05, 3.63) is 23.4 Å². The summed E-state index contributed by atoms with van der Waals surface area (Å²) in [6, 6.07) is 1.00. The highest BCUT2D eigenvalue weighted by Crippen LogP contribution is 2.23. The number of nitrogens with zero attached hydrogens (tertiary/aromatic N) is 2. The number of imide groups is 1. The number of rotatable bonds is 3. The van der Waals surface area contributed by atoms with Crippen LogP contribution in [0.3, 0.4) is 0 Å². The van der Waals surface area contributed by atoms with Crippen molar-refractivity contribution in [3.63, 3.8) is 0 Å². The second-order valence-electron chi connectivity index (χ2n) is 4.63. The first-order valence-electron chi connectivity index (χ1n) is 6.24. The minimum absolute atomic E-state index is 0.0322. The van der Waals surface area contributed by atoms with E-state index in [1.165, 1.54) is 12.3 Å². The number of amides is 2. The fourth-order valence-corrected chi connectivity index (χ4v) is 2.28. The molecule has 1 aliphatic rings. The van der Waals surface area contributed by atoms with Gasteiger partial charge in [0.2, 0.25) is 11.8 Å². The zero-order valence-electron chi connectivity index (χ0n) is 11.2. The molecule has 0 spiro atoms. The van der Waals surface area contributed by atoms with E-state index in [2.05, 4.69) is 10.3 Å². The van der Waals surface area contributed by atoms with Gasteiger partial charge in [-0.15, -0.1) is 0 Å². The Morgan fingerprint density at radius 2 is 2.25 bits per heavy atom. The number of aryl methyl sites for hydroxylation is 1. The predicted octanol–water partition coefficient (Wildman–Crippen LogP) is 0.330. The molecule has 0 saturated carbocycles. The van der Waals surface area contributed by atoms with Gasteiger partial charge in [0.15, 0.2) is 0 Å². The van der Waals surface area contributed by atoms with E-state index in [9.17, 15) is 14.4 Å². The van der Waals surface area contributed by atoms with Crippen molar-refractivity contribution in [3.8, 4) is 0 Å². The number of carboxylic acid groups (broad SMARTS) is 1. The summed E-state index contributed by atoms with van der Waals surface area (Å²) in [6.07, 6.45) is 1.76. The molecule has 2 rings (SSSR count). The van der Waals surface area contributed by atoms with Gasteiger partial charge in [0.05, 0.1) is 12.1 Å². The van der Waals surface area contributed by atoms with Crippen LogP contribution in [0.5, 0.6) is 0 Å². The van der Waals surface area contributed by atoms with Gasteiger partial charge in [-0.2, -0.15) is 0 Å². The molecule has 1 aliphatic heterocycles. The topological polar surface area (TPSA) is 99.6 Å². The van der Waals surface area contributed by atoms with Gasteiger partial charge in [-0.25, -0.2) is 9.78 Å². The smallest absolute Gasteiger partial charge is 0.337 e. The number of carbonyl (C=O) groups is 3. The van der Waals surface area contributed by atoms with Crippen molar-refractivity contribution < 1.29 is 19.5 Å². The van der Waals surface area contributed by atoms with Gasteiger partial charge in [0.25, 0.3) is 0 Å². The SMILES string of the molecule is CCC1C(=O)NC(=O)CN1c1ncc(C(=O)O)cc1C. The number of aromatic carboxylic acids is 1. The second kappa shape index (κ2) is 5.28. The number of hydrogen-bond donors (Lipinski definition) is 2. The number of hydrogen-bond acceptors (Lipinski definition) is 5. The summed E-state index contributed by atoms with van der Waals surface area (Å²) in [7, 11) is 0. The van der Waals surface area contributed by atoms with E-state index in [-0.39, 0.29) is 23.9 Å². The zero-order valence-corrected chi connectivity index (χ0v) is 11.2. The van der Waals surface area contributed by atoms with Crippen molar-refractivity contribution in [1.29, 1.82) is 0 Å². The third kappa shape index (κ3) is 2.47. The number of aromatic nitrogens is 1. The average Bonchev–Trinajstić information content (AvgIpc) is 2.37. The van der Waals surface area contributed by atoms with Crippen LogP contribution in [0.25, 0.3) is 0 Å². The normalized spacial score (nSPS) is 18.9. The van der Waals surface area contributed by atoms with Crippen molar-refractivity contribution in [1.82, 2.24) is 10.3 Å². The fourth-order valence-electron chi connectivity index (χ4n) is 2.28. The van der Waals surface area contributed by atoms with Crippen LogP contribution < -0.4 is 10.2 Å². The molecule has 1 atom stereocenters. The third-order valence-electron chi connectivity index (χ3n) is 3.21. The molecule has 7 nitrogen and oxygen atoms in total. The summed E-state index contributed by atoms with van der Waals surface area (Å²) >= 11 is 0.